The summed E-state index contributed by atoms with van der Waals surface area (Å²) < 4.78 is 10.9. The SMILES string of the molecule is CCOc1ccc(-c2ccc(OCCNC(=O)Nc3ccccc3)nn2)cc1. The first kappa shape index (κ1) is 19.2. The van der Waals surface area contributed by atoms with Gasteiger partial charge in [0.1, 0.15) is 12.4 Å². The van der Waals surface area contributed by atoms with Gasteiger partial charge in [-0.3, -0.25) is 0 Å². The van der Waals surface area contributed by atoms with Crippen LogP contribution in [0.1, 0.15) is 6.92 Å². The number of nitrogens with one attached hydrogen (secondary N) is 2. The number of carbonyl (C=O) groups excluding carboxylic acids is 1. The van der Waals surface area contributed by atoms with Crippen LogP contribution in [0.3, 0.4) is 0 Å². The van der Waals surface area contributed by atoms with Crippen molar-refractivity contribution in [3.63, 3.8) is 0 Å². The lowest BCUT2D eigenvalue weighted by Gasteiger charge is -2.09. The highest BCUT2D eigenvalue weighted by Gasteiger charge is 2.04. The predicted molar refractivity (Wildman–Crippen MR) is 108 cm³/mol. The smallest absolute Gasteiger partial charge is 0.319 e. The molecule has 2 aromatic carbocycles. The number of ether oxygens (including phenoxy) is 2. The first-order chi connectivity index (χ1) is 13.7. The normalized spacial score (nSPS) is 10.2. The number of urea groups is 1. The van der Waals surface area contributed by atoms with Gasteiger partial charge in [0.2, 0.25) is 5.88 Å². The van der Waals surface area contributed by atoms with E-state index in [-0.39, 0.29) is 6.03 Å². The third kappa shape index (κ3) is 5.70. The van der Waals surface area contributed by atoms with Crippen LogP contribution in [0.25, 0.3) is 11.3 Å². The van der Waals surface area contributed by atoms with Crippen LogP contribution in [0.5, 0.6) is 11.6 Å². The molecule has 1 aromatic heterocycles. The Hall–Kier alpha value is -3.61. The van der Waals surface area contributed by atoms with E-state index in [1.54, 1.807) is 6.07 Å². The van der Waals surface area contributed by atoms with Crippen molar-refractivity contribution in [3.8, 4) is 22.9 Å². The number of amides is 2. The van der Waals surface area contributed by atoms with Crippen LogP contribution in [0, 0.1) is 0 Å². The van der Waals surface area contributed by atoms with E-state index < -0.39 is 0 Å². The van der Waals surface area contributed by atoms with Gasteiger partial charge in [-0.1, -0.05) is 18.2 Å². The molecule has 3 rings (SSSR count). The minimum absolute atomic E-state index is 0.285. The van der Waals surface area contributed by atoms with E-state index in [1.165, 1.54) is 0 Å². The number of carbonyl (C=O) groups is 1. The Balaban J connectivity index is 1.42. The van der Waals surface area contributed by atoms with Gasteiger partial charge in [0.15, 0.2) is 0 Å². The lowest BCUT2D eigenvalue weighted by Crippen LogP contribution is -2.32. The van der Waals surface area contributed by atoms with Crippen molar-refractivity contribution in [1.29, 1.82) is 0 Å². The number of anilines is 1. The number of para-hydroxylation sites is 1. The maximum absolute atomic E-state index is 11.8. The highest BCUT2D eigenvalue weighted by Crippen LogP contribution is 2.21. The van der Waals surface area contributed by atoms with Crippen molar-refractivity contribution < 1.29 is 14.3 Å². The van der Waals surface area contributed by atoms with Gasteiger partial charge in [-0.15, -0.1) is 10.2 Å². The Kier molecular flexibility index (Phi) is 6.78. The summed E-state index contributed by atoms with van der Waals surface area (Å²) in [5, 5.41) is 13.7. The van der Waals surface area contributed by atoms with Gasteiger partial charge in [-0.25, -0.2) is 4.79 Å². The zero-order valence-corrected chi connectivity index (χ0v) is 15.6. The standard InChI is InChI=1S/C21H22N4O3/c1-2-27-18-10-8-16(9-11-18)19-12-13-20(25-24-19)28-15-14-22-21(26)23-17-6-4-3-5-7-17/h3-13H,2,14-15H2,1H3,(H2,22,23,26). The molecule has 0 saturated carbocycles. The van der Waals surface area contributed by atoms with Crippen LogP contribution in [-0.4, -0.2) is 36.0 Å². The summed E-state index contributed by atoms with van der Waals surface area (Å²) in [5.74, 6) is 1.22. The number of aromatic nitrogens is 2. The molecule has 1 heterocycles. The molecule has 0 unspecified atom stereocenters. The minimum atomic E-state index is -0.285. The van der Waals surface area contributed by atoms with Gasteiger partial charge in [0.25, 0.3) is 0 Å². The summed E-state index contributed by atoms with van der Waals surface area (Å²) in [6, 6.07) is 20.2. The van der Waals surface area contributed by atoms with E-state index in [1.807, 2.05) is 67.6 Å². The molecule has 0 atom stereocenters. The Morgan fingerprint density at radius 3 is 2.39 bits per heavy atom. The third-order valence-electron chi connectivity index (χ3n) is 3.77. The lowest BCUT2D eigenvalue weighted by atomic mass is 10.1. The highest BCUT2D eigenvalue weighted by molar-refractivity contribution is 5.89. The second-order valence-corrected chi connectivity index (χ2v) is 5.81. The maximum atomic E-state index is 11.8. The van der Waals surface area contributed by atoms with Crippen molar-refractivity contribution in [2.75, 3.05) is 25.1 Å². The molecule has 28 heavy (non-hydrogen) atoms. The van der Waals surface area contributed by atoms with Crippen molar-refractivity contribution in [2.24, 2.45) is 0 Å². The Morgan fingerprint density at radius 2 is 1.71 bits per heavy atom. The van der Waals surface area contributed by atoms with E-state index in [4.69, 9.17) is 9.47 Å². The molecular formula is C21H22N4O3. The van der Waals surface area contributed by atoms with Crippen LogP contribution in [0.15, 0.2) is 66.7 Å². The van der Waals surface area contributed by atoms with Gasteiger partial charge < -0.3 is 20.1 Å². The zero-order chi connectivity index (χ0) is 19.6. The lowest BCUT2D eigenvalue weighted by molar-refractivity contribution is 0.246. The topological polar surface area (TPSA) is 85.4 Å². The molecule has 2 amide bonds. The fraction of sp³-hybridized carbons (Fsp3) is 0.190. The van der Waals surface area contributed by atoms with E-state index >= 15 is 0 Å². The van der Waals surface area contributed by atoms with Gasteiger partial charge in [0, 0.05) is 17.3 Å². The Morgan fingerprint density at radius 1 is 0.929 bits per heavy atom. The van der Waals surface area contributed by atoms with Gasteiger partial charge >= 0.3 is 6.03 Å². The Labute approximate surface area is 163 Å². The fourth-order valence-corrected chi connectivity index (χ4v) is 2.46. The molecule has 2 N–H and O–H groups in total. The van der Waals surface area contributed by atoms with Crippen molar-refractivity contribution in [1.82, 2.24) is 15.5 Å². The summed E-state index contributed by atoms with van der Waals surface area (Å²) in [7, 11) is 0. The van der Waals surface area contributed by atoms with Crippen molar-refractivity contribution in [2.45, 2.75) is 6.92 Å². The molecule has 0 radical (unpaired) electrons. The number of rotatable bonds is 8. The van der Waals surface area contributed by atoms with Gasteiger partial charge in [-0.2, -0.15) is 0 Å². The molecule has 144 valence electrons. The molecule has 0 aliphatic carbocycles. The second-order valence-electron chi connectivity index (χ2n) is 5.81. The average molecular weight is 378 g/mol. The number of benzene rings is 2. The number of hydrogen-bond donors (Lipinski definition) is 2. The first-order valence-corrected chi connectivity index (χ1v) is 9.04. The quantitative estimate of drug-likeness (QED) is 0.583. The molecule has 0 bridgehead atoms. The molecule has 7 nitrogen and oxygen atoms in total. The number of nitrogens with zero attached hydrogens (tertiary/aromatic N) is 2. The van der Waals surface area contributed by atoms with Gasteiger partial charge in [-0.05, 0) is 49.4 Å². The van der Waals surface area contributed by atoms with Crippen LogP contribution >= 0.6 is 0 Å². The zero-order valence-electron chi connectivity index (χ0n) is 15.6. The third-order valence-corrected chi connectivity index (χ3v) is 3.77. The van der Waals surface area contributed by atoms with E-state index in [0.717, 1.165) is 22.7 Å². The van der Waals surface area contributed by atoms with E-state index in [0.29, 0.717) is 25.6 Å². The summed E-state index contributed by atoms with van der Waals surface area (Å²) >= 11 is 0. The molecule has 0 aliphatic rings. The van der Waals surface area contributed by atoms with Gasteiger partial charge in [0.05, 0.1) is 18.8 Å². The van der Waals surface area contributed by atoms with Crippen LogP contribution in [0.4, 0.5) is 10.5 Å². The summed E-state index contributed by atoms with van der Waals surface area (Å²) in [6.45, 7) is 3.22. The number of hydrogen-bond acceptors (Lipinski definition) is 5. The predicted octanol–water partition coefficient (Wildman–Crippen LogP) is 3.74. The van der Waals surface area contributed by atoms with E-state index in [9.17, 15) is 4.79 Å². The van der Waals surface area contributed by atoms with E-state index in [2.05, 4.69) is 20.8 Å². The largest absolute Gasteiger partial charge is 0.494 e. The molecule has 0 spiro atoms. The van der Waals surface area contributed by atoms with Crippen LogP contribution in [-0.2, 0) is 0 Å². The minimum Gasteiger partial charge on any atom is -0.494 e. The first-order valence-electron chi connectivity index (χ1n) is 9.04. The highest BCUT2D eigenvalue weighted by atomic mass is 16.5. The average Bonchev–Trinajstić information content (AvgIpc) is 2.73. The van der Waals surface area contributed by atoms with Crippen molar-refractivity contribution in [3.05, 3.63) is 66.7 Å². The molecule has 3 aromatic rings. The monoisotopic (exact) mass is 378 g/mol. The molecular weight excluding hydrogens is 356 g/mol. The second kappa shape index (κ2) is 9.91. The summed E-state index contributed by atoms with van der Waals surface area (Å²) in [6.07, 6.45) is 0. The van der Waals surface area contributed by atoms with Crippen LogP contribution in [0.2, 0.25) is 0 Å². The maximum Gasteiger partial charge on any atom is 0.319 e. The molecule has 7 heteroatoms. The molecule has 0 aliphatic heterocycles. The Bertz CT molecular complexity index is 868. The fourth-order valence-electron chi connectivity index (χ4n) is 2.46. The molecule has 0 fully saturated rings. The molecule has 0 saturated heterocycles. The summed E-state index contributed by atoms with van der Waals surface area (Å²) in [4.78, 5) is 11.8. The van der Waals surface area contributed by atoms with Crippen molar-refractivity contribution >= 4 is 11.7 Å². The van der Waals surface area contributed by atoms with Crippen LogP contribution < -0.4 is 20.1 Å². The summed E-state index contributed by atoms with van der Waals surface area (Å²) in [5.41, 5.74) is 2.43.